The predicted octanol–water partition coefficient (Wildman–Crippen LogP) is 3.97. The molecule has 0 unspecified atom stereocenters. The van der Waals surface area contributed by atoms with Crippen LogP contribution in [-0.2, 0) is 0 Å². The molecular formula is C20H17F2N3O3. The second-order valence-electron chi connectivity index (χ2n) is 6.42. The zero-order valence-corrected chi connectivity index (χ0v) is 14.8. The Balaban J connectivity index is 1.39. The number of halogens is 2. The maximum atomic E-state index is 12.7. The summed E-state index contributed by atoms with van der Waals surface area (Å²) in [4.78, 5) is 14.4. The lowest BCUT2D eigenvalue weighted by Crippen LogP contribution is -2.30. The van der Waals surface area contributed by atoms with Crippen molar-refractivity contribution in [2.75, 3.05) is 13.1 Å². The van der Waals surface area contributed by atoms with Gasteiger partial charge in [0.2, 0.25) is 5.89 Å². The van der Waals surface area contributed by atoms with Crippen LogP contribution in [0.5, 0.6) is 5.75 Å². The van der Waals surface area contributed by atoms with Gasteiger partial charge in [0.1, 0.15) is 11.9 Å². The highest BCUT2D eigenvalue weighted by molar-refractivity contribution is 5.94. The number of benzene rings is 2. The Morgan fingerprint density at radius 3 is 2.54 bits per heavy atom. The maximum Gasteiger partial charge on any atom is 0.314 e. The monoisotopic (exact) mass is 385 g/mol. The normalized spacial score (nSPS) is 16.5. The zero-order chi connectivity index (χ0) is 19.5. The maximum absolute atomic E-state index is 12.7. The zero-order valence-electron chi connectivity index (χ0n) is 14.8. The first-order valence-corrected chi connectivity index (χ1v) is 8.83. The number of likely N-dealkylation sites (tertiary alicyclic amines) is 1. The second kappa shape index (κ2) is 7.75. The van der Waals surface area contributed by atoms with E-state index in [4.69, 9.17) is 9.15 Å². The van der Waals surface area contributed by atoms with Crippen LogP contribution in [0, 0.1) is 0 Å². The molecule has 1 fully saturated rings. The Bertz CT molecular complexity index is 945. The Morgan fingerprint density at radius 1 is 1.11 bits per heavy atom. The van der Waals surface area contributed by atoms with Crippen molar-refractivity contribution in [3.63, 3.8) is 0 Å². The Kier molecular flexibility index (Phi) is 5.01. The topological polar surface area (TPSA) is 68.5 Å². The van der Waals surface area contributed by atoms with Gasteiger partial charge in [-0.15, -0.1) is 10.2 Å². The molecule has 0 aliphatic carbocycles. The number of carbonyl (C=O) groups is 1. The van der Waals surface area contributed by atoms with E-state index in [1.165, 1.54) is 0 Å². The molecule has 0 spiro atoms. The van der Waals surface area contributed by atoms with Crippen molar-refractivity contribution in [3.8, 4) is 17.2 Å². The minimum absolute atomic E-state index is 0.00760. The number of rotatable bonds is 5. The number of hydrogen-bond acceptors (Lipinski definition) is 5. The van der Waals surface area contributed by atoms with Crippen molar-refractivity contribution in [3.05, 3.63) is 66.1 Å². The molecule has 1 amide bonds. The number of aromatic nitrogens is 2. The third kappa shape index (κ3) is 3.85. The van der Waals surface area contributed by atoms with Gasteiger partial charge in [0, 0.05) is 24.1 Å². The van der Waals surface area contributed by atoms with E-state index in [-0.39, 0.29) is 17.9 Å². The van der Waals surface area contributed by atoms with Crippen LogP contribution in [0.4, 0.5) is 8.78 Å². The lowest BCUT2D eigenvalue weighted by atomic mass is 10.1. The van der Waals surface area contributed by atoms with Gasteiger partial charge in [-0.1, -0.05) is 18.2 Å². The van der Waals surface area contributed by atoms with E-state index >= 15 is 0 Å². The van der Waals surface area contributed by atoms with E-state index < -0.39 is 12.3 Å². The minimum atomic E-state index is -2.82. The molecule has 2 aromatic carbocycles. The largest absolute Gasteiger partial charge is 0.489 e. The van der Waals surface area contributed by atoms with E-state index in [2.05, 4.69) is 10.2 Å². The summed E-state index contributed by atoms with van der Waals surface area (Å²) in [5.41, 5.74) is 0.973. The summed E-state index contributed by atoms with van der Waals surface area (Å²) in [6.45, 7) is 1.12. The van der Waals surface area contributed by atoms with Gasteiger partial charge < -0.3 is 14.1 Å². The molecule has 0 radical (unpaired) electrons. The van der Waals surface area contributed by atoms with E-state index in [1.807, 2.05) is 30.3 Å². The van der Waals surface area contributed by atoms with Crippen LogP contribution >= 0.6 is 0 Å². The first-order chi connectivity index (χ1) is 13.6. The highest BCUT2D eigenvalue weighted by Gasteiger charge is 2.28. The molecule has 1 atom stereocenters. The second-order valence-corrected chi connectivity index (χ2v) is 6.42. The molecule has 1 aliphatic rings. The molecule has 8 heteroatoms. The Morgan fingerprint density at radius 2 is 1.86 bits per heavy atom. The minimum Gasteiger partial charge on any atom is -0.489 e. The highest BCUT2D eigenvalue weighted by atomic mass is 19.3. The summed E-state index contributed by atoms with van der Waals surface area (Å²) >= 11 is 0. The van der Waals surface area contributed by atoms with Crippen LogP contribution in [0.25, 0.3) is 11.5 Å². The summed E-state index contributed by atoms with van der Waals surface area (Å²) in [5.74, 6) is -0.0538. The van der Waals surface area contributed by atoms with Crippen LogP contribution in [0.15, 0.2) is 59.0 Å². The first-order valence-electron chi connectivity index (χ1n) is 8.83. The third-order valence-corrected chi connectivity index (χ3v) is 4.48. The number of alkyl halides is 2. The summed E-state index contributed by atoms with van der Waals surface area (Å²) in [6.07, 6.45) is -2.10. The van der Waals surface area contributed by atoms with Crippen molar-refractivity contribution in [1.29, 1.82) is 0 Å². The Hall–Kier alpha value is -3.29. The number of nitrogens with zero attached hydrogens (tertiary/aromatic N) is 3. The van der Waals surface area contributed by atoms with Crippen molar-refractivity contribution >= 4 is 5.91 Å². The number of hydrogen-bond donors (Lipinski definition) is 0. The van der Waals surface area contributed by atoms with E-state index in [0.717, 1.165) is 12.2 Å². The standard InChI is InChI=1S/C20H17F2N3O3/c21-17(22)19-24-23-18(28-19)13-6-8-14(9-7-13)20(26)25-11-10-16(12-25)27-15-4-2-1-3-5-15/h1-9,16-17H,10-12H2/t16-/m0/s1. The fraction of sp³-hybridized carbons (Fsp3) is 0.250. The van der Waals surface area contributed by atoms with Gasteiger partial charge in [-0.2, -0.15) is 8.78 Å². The predicted molar refractivity (Wildman–Crippen MR) is 96.1 cm³/mol. The van der Waals surface area contributed by atoms with Gasteiger partial charge in [-0.05, 0) is 36.4 Å². The molecular weight excluding hydrogens is 368 g/mol. The van der Waals surface area contributed by atoms with Gasteiger partial charge in [0.05, 0.1) is 6.54 Å². The number of para-hydroxylation sites is 1. The quantitative estimate of drug-likeness (QED) is 0.665. The lowest BCUT2D eigenvalue weighted by Gasteiger charge is -2.17. The molecule has 28 heavy (non-hydrogen) atoms. The number of amides is 1. The molecule has 2 heterocycles. The van der Waals surface area contributed by atoms with Crippen molar-refractivity contribution < 1.29 is 22.7 Å². The van der Waals surface area contributed by atoms with E-state index in [0.29, 0.717) is 24.2 Å². The molecule has 144 valence electrons. The van der Waals surface area contributed by atoms with Crippen LogP contribution in [-0.4, -0.2) is 40.2 Å². The van der Waals surface area contributed by atoms with Crippen molar-refractivity contribution in [2.24, 2.45) is 0 Å². The lowest BCUT2D eigenvalue weighted by molar-refractivity contribution is 0.0772. The van der Waals surface area contributed by atoms with Crippen LogP contribution in [0.3, 0.4) is 0 Å². The molecule has 6 nitrogen and oxygen atoms in total. The smallest absolute Gasteiger partial charge is 0.314 e. The summed E-state index contributed by atoms with van der Waals surface area (Å²) in [5, 5.41) is 6.90. The average molecular weight is 385 g/mol. The van der Waals surface area contributed by atoms with Crippen molar-refractivity contribution in [2.45, 2.75) is 19.0 Å². The van der Waals surface area contributed by atoms with Gasteiger partial charge in [-0.25, -0.2) is 0 Å². The highest BCUT2D eigenvalue weighted by Crippen LogP contribution is 2.24. The third-order valence-electron chi connectivity index (χ3n) is 4.48. The SMILES string of the molecule is O=C(c1ccc(-c2nnc(C(F)F)o2)cc1)N1CC[C@H](Oc2ccccc2)C1. The fourth-order valence-corrected chi connectivity index (χ4v) is 3.08. The number of ether oxygens (including phenoxy) is 1. The van der Waals surface area contributed by atoms with Gasteiger partial charge in [0.15, 0.2) is 0 Å². The van der Waals surface area contributed by atoms with Gasteiger partial charge in [-0.3, -0.25) is 4.79 Å². The van der Waals surface area contributed by atoms with Gasteiger partial charge in [0.25, 0.3) is 11.8 Å². The fourth-order valence-electron chi connectivity index (χ4n) is 3.08. The molecule has 1 aromatic heterocycles. The van der Waals surface area contributed by atoms with E-state index in [1.54, 1.807) is 29.2 Å². The van der Waals surface area contributed by atoms with Gasteiger partial charge >= 0.3 is 6.43 Å². The average Bonchev–Trinajstić information content (AvgIpc) is 3.38. The molecule has 0 N–H and O–H groups in total. The first kappa shape index (κ1) is 18.1. The number of carbonyl (C=O) groups excluding carboxylic acids is 1. The molecule has 3 aromatic rings. The summed E-state index contributed by atoms with van der Waals surface area (Å²) in [7, 11) is 0. The summed E-state index contributed by atoms with van der Waals surface area (Å²) in [6, 6.07) is 16.0. The van der Waals surface area contributed by atoms with Crippen LogP contribution in [0.2, 0.25) is 0 Å². The van der Waals surface area contributed by atoms with Crippen molar-refractivity contribution in [1.82, 2.24) is 15.1 Å². The van der Waals surface area contributed by atoms with Crippen LogP contribution < -0.4 is 4.74 Å². The molecule has 4 rings (SSSR count). The van der Waals surface area contributed by atoms with Crippen LogP contribution in [0.1, 0.15) is 29.1 Å². The molecule has 1 aliphatic heterocycles. The molecule has 0 bridgehead atoms. The molecule has 1 saturated heterocycles. The van der Waals surface area contributed by atoms with E-state index in [9.17, 15) is 13.6 Å². The Labute approximate surface area is 159 Å². The molecule has 0 saturated carbocycles. The summed E-state index contributed by atoms with van der Waals surface area (Å²) < 4.78 is 35.9.